The van der Waals surface area contributed by atoms with Gasteiger partial charge in [-0.1, -0.05) is 6.07 Å². The number of benzene rings is 2. The van der Waals surface area contributed by atoms with Crippen molar-refractivity contribution >= 4 is 33.4 Å². The summed E-state index contributed by atoms with van der Waals surface area (Å²) >= 11 is 0. The summed E-state index contributed by atoms with van der Waals surface area (Å²) < 4.78 is 27.7. The molecule has 2 N–H and O–H groups in total. The largest absolute Gasteiger partial charge is 0.352 e. The molecule has 0 aromatic heterocycles. The van der Waals surface area contributed by atoms with Crippen LogP contribution in [0.5, 0.6) is 0 Å². The Morgan fingerprint density at radius 3 is 2.23 bits per heavy atom. The quantitative estimate of drug-likeness (QED) is 0.480. The van der Waals surface area contributed by atoms with Crippen LogP contribution in [0.1, 0.15) is 40.7 Å². The fourth-order valence-electron chi connectivity index (χ4n) is 3.20. The van der Waals surface area contributed by atoms with E-state index < -0.39 is 10.0 Å². The molecular weight excluding hydrogens is 418 g/mol. The lowest BCUT2D eigenvalue weighted by atomic mass is 10.1. The lowest BCUT2D eigenvalue weighted by Gasteiger charge is -2.13. The highest BCUT2D eigenvalue weighted by Crippen LogP contribution is 2.19. The molecule has 0 spiro atoms. The Labute approximate surface area is 181 Å². The molecule has 3 rings (SSSR count). The maximum absolute atomic E-state index is 12.6. The topological polar surface area (TPSA) is 113 Å². The van der Waals surface area contributed by atoms with Crippen LogP contribution in [0, 0.1) is 13.8 Å². The summed E-state index contributed by atoms with van der Waals surface area (Å²) in [7, 11) is -3.73. The third-order valence-electron chi connectivity index (χ3n) is 5.19. The number of carbonyl (C=O) groups is 3. The Bertz CT molecular complexity index is 1090. The first-order valence-corrected chi connectivity index (χ1v) is 11.5. The Morgan fingerprint density at radius 2 is 1.61 bits per heavy atom. The number of nitrogens with zero attached hydrogens (tertiary/aromatic N) is 1. The highest BCUT2D eigenvalue weighted by Gasteiger charge is 2.27. The summed E-state index contributed by atoms with van der Waals surface area (Å²) in [6, 6.07) is 11.0. The summed E-state index contributed by atoms with van der Waals surface area (Å²) in [5, 5.41) is 2.73. The van der Waals surface area contributed by atoms with Gasteiger partial charge in [-0.2, -0.15) is 0 Å². The standard InChI is InChI=1S/C22H25N3O5S/c1-15-4-9-19(14-16(15)2)31(29,30)24-18-7-5-17(6-8-18)22(28)23-12-3-13-25-20(26)10-11-21(25)27/h4-9,14,24H,3,10-13H2,1-2H3,(H,23,28). The summed E-state index contributed by atoms with van der Waals surface area (Å²) in [5.74, 6) is -0.659. The van der Waals surface area contributed by atoms with Gasteiger partial charge in [-0.15, -0.1) is 0 Å². The predicted octanol–water partition coefficient (Wildman–Crippen LogP) is 2.37. The molecule has 9 heteroatoms. The third kappa shape index (κ3) is 5.49. The molecule has 1 heterocycles. The van der Waals surface area contributed by atoms with Crippen molar-refractivity contribution < 1.29 is 22.8 Å². The van der Waals surface area contributed by atoms with Gasteiger partial charge in [0.25, 0.3) is 15.9 Å². The van der Waals surface area contributed by atoms with Crippen LogP contribution < -0.4 is 10.0 Å². The van der Waals surface area contributed by atoms with E-state index in [1.807, 2.05) is 13.8 Å². The van der Waals surface area contributed by atoms with Gasteiger partial charge in [0.05, 0.1) is 4.90 Å². The van der Waals surface area contributed by atoms with Crippen LogP contribution in [0.2, 0.25) is 0 Å². The molecule has 164 valence electrons. The van der Waals surface area contributed by atoms with Gasteiger partial charge in [0.1, 0.15) is 0 Å². The van der Waals surface area contributed by atoms with E-state index >= 15 is 0 Å². The minimum atomic E-state index is -3.73. The van der Waals surface area contributed by atoms with E-state index in [2.05, 4.69) is 10.0 Å². The molecule has 0 atom stereocenters. The molecule has 3 amide bonds. The van der Waals surface area contributed by atoms with Crippen LogP contribution in [-0.2, 0) is 19.6 Å². The molecule has 1 saturated heterocycles. The minimum absolute atomic E-state index is 0.171. The Kier molecular flexibility index (Phi) is 6.74. The zero-order chi connectivity index (χ0) is 22.6. The van der Waals surface area contributed by atoms with Crippen molar-refractivity contribution in [3.05, 3.63) is 59.2 Å². The fraction of sp³-hybridized carbons (Fsp3) is 0.318. The highest BCUT2D eigenvalue weighted by atomic mass is 32.2. The summed E-state index contributed by atoms with van der Waals surface area (Å²) in [4.78, 5) is 36.8. The van der Waals surface area contributed by atoms with Crippen LogP contribution in [0.15, 0.2) is 47.4 Å². The Hall–Kier alpha value is -3.20. The fourth-order valence-corrected chi connectivity index (χ4v) is 4.34. The number of sulfonamides is 1. The van der Waals surface area contributed by atoms with E-state index in [-0.39, 0.29) is 42.0 Å². The van der Waals surface area contributed by atoms with Gasteiger partial charge >= 0.3 is 0 Å². The maximum Gasteiger partial charge on any atom is 0.261 e. The van der Waals surface area contributed by atoms with E-state index in [0.717, 1.165) is 11.1 Å². The Balaban J connectivity index is 1.53. The molecule has 31 heavy (non-hydrogen) atoms. The maximum atomic E-state index is 12.6. The summed E-state index contributed by atoms with van der Waals surface area (Å²) in [6.07, 6.45) is 0.979. The van der Waals surface area contributed by atoms with Crippen molar-refractivity contribution in [1.82, 2.24) is 10.2 Å². The predicted molar refractivity (Wildman–Crippen MR) is 116 cm³/mol. The number of imide groups is 1. The van der Waals surface area contributed by atoms with E-state index in [0.29, 0.717) is 24.2 Å². The number of nitrogens with one attached hydrogen (secondary N) is 2. The number of anilines is 1. The third-order valence-corrected chi connectivity index (χ3v) is 6.57. The number of aryl methyl sites for hydroxylation is 2. The van der Waals surface area contributed by atoms with Gasteiger partial charge in [0, 0.05) is 37.2 Å². The zero-order valence-corrected chi connectivity index (χ0v) is 18.3. The van der Waals surface area contributed by atoms with Crippen molar-refractivity contribution in [3.63, 3.8) is 0 Å². The molecule has 0 bridgehead atoms. The molecule has 1 aliphatic rings. The van der Waals surface area contributed by atoms with Gasteiger partial charge in [-0.3, -0.25) is 24.0 Å². The molecule has 0 radical (unpaired) electrons. The molecule has 2 aromatic carbocycles. The highest BCUT2D eigenvalue weighted by molar-refractivity contribution is 7.92. The van der Waals surface area contributed by atoms with Crippen LogP contribution >= 0.6 is 0 Å². The van der Waals surface area contributed by atoms with Gasteiger partial charge in [-0.25, -0.2) is 8.42 Å². The first kappa shape index (κ1) is 22.5. The minimum Gasteiger partial charge on any atom is -0.352 e. The van der Waals surface area contributed by atoms with E-state index in [9.17, 15) is 22.8 Å². The number of amides is 3. The molecule has 8 nitrogen and oxygen atoms in total. The SMILES string of the molecule is Cc1ccc(S(=O)(=O)Nc2ccc(C(=O)NCCCN3C(=O)CCC3=O)cc2)cc1C. The average Bonchev–Trinajstić information content (AvgIpc) is 3.05. The molecule has 2 aromatic rings. The second kappa shape index (κ2) is 9.30. The number of carbonyl (C=O) groups excluding carboxylic acids is 3. The monoisotopic (exact) mass is 443 g/mol. The number of hydrogen-bond donors (Lipinski definition) is 2. The van der Waals surface area contributed by atoms with Crippen LogP contribution in [0.25, 0.3) is 0 Å². The van der Waals surface area contributed by atoms with Gasteiger partial charge in [-0.05, 0) is 67.8 Å². The molecule has 0 saturated carbocycles. The van der Waals surface area contributed by atoms with Gasteiger partial charge in [0.2, 0.25) is 11.8 Å². The van der Waals surface area contributed by atoms with Gasteiger partial charge in [0.15, 0.2) is 0 Å². The van der Waals surface area contributed by atoms with Crippen molar-refractivity contribution in [2.45, 2.75) is 38.0 Å². The van der Waals surface area contributed by atoms with E-state index in [1.165, 1.54) is 29.2 Å². The molecule has 0 unspecified atom stereocenters. The van der Waals surface area contributed by atoms with Crippen LogP contribution in [0.3, 0.4) is 0 Å². The summed E-state index contributed by atoms with van der Waals surface area (Å²) in [6.45, 7) is 4.37. The first-order valence-electron chi connectivity index (χ1n) is 9.99. The van der Waals surface area contributed by atoms with Gasteiger partial charge < -0.3 is 5.32 Å². The number of rotatable bonds is 8. The molecule has 1 fully saturated rings. The van der Waals surface area contributed by atoms with E-state index in [4.69, 9.17) is 0 Å². The smallest absolute Gasteiger partial charge is 0.261 e. The number of hydrogen-bond acceptors (Lipinski definition) is 5. The average molecular weight is 444 g/mol. The van der Waals surface area contributed by atoms with Crippen molar-refractivity contribution in [1.29, 1.82) is 0 Å². The van der Waals surface area contributed by atoms with Crippen molar-refractivity contribution in [3.8, 4) is 0 Å². The Morgan fingerprint density at radius 1 is 0.968 bits per heavy atom. The zero-order valence-electron chi connectivity index (χ0n) is 17.5. The second-order valence-corrected chi connectivity index (χ2v) is 9.16. The lowest BCUT2D eigenvalue weighted by molar-refractivity contribution is -0.138. The lowest BCUT2D eigenvalue weighted by Crippen LogP contribution is -2.33. The molecular formula is C22H25N3O5S. The van der Waals surface area contributed by atoms with Crippen LogP contribution in [0.4, 0.5) is 5.69 Å². The summed E-state index contributed by atoms with van der Waals surface area (Å²) in [5.41, 5.74) is 2.62. The second-order valence-electron chi connectivity index (χ2n) is 7.48. The first-order chi connectivity index (χ1) is 14.7. The van der Waals surface area contributed by atoms with Crippen LogP contribution in [-0.4, -0.2) is 44.1 Å². The van der Waals surface area contributed by atoms with Crippen molar-refractivity contribution in [2.24, 2.45) is 0 Å². The normalized spacial score (nSPS) is 14.1. The van der Waals surface area contributed by atoms with Crippen molar-refractivity contribution in [2.75, 3.05) is 17.8 Å². The number of likely N-dealkylation sites (tertiary alicyclic amines) is 1. The molecule has 0 aliphatic carbocycles. The van der Waals surface area contributed by atoms with E-state index in [1.54, 1.807) is 18.2 Å². The molecule has 1 aliphatic heterocycles.